The van der Waals surface area contributed by atoms with Crippen molar-refractivity contribution in [3.05, 3.63) is 65.5 Å². The van der Waals surface area contributed by atoms with Gasteiger partial charge in [0.2, 0.25) is 5.91 Å². The van der Waals surface area contributed by atoms with Crippen LogP contribution in [0.4, 0.5) is 0 Å². The van der Waals surface area contributed by atoms with Gasteiger partial charge >= 0.3 is 5.97 Å². The summed E-state index contributed by atoms with van der Waals surface area (Å²) in [6.45, 7) is 3.12. The third-order valence-electron chi connectivity index (χ3n) is 5.61. The summed E-state index contributed by atoms with van der Waals surface area (Å²) >= 11 is 0. The van der Waals surface area contributed by atoms with E-state index in [1.165, 1.54) is 11.6 Å². The second kappa shape index (κ2) is 7.46. The van der Waals surface area contributed by atoms with Crippen molar-refractivity contribution in [3.8, 4) is 0 Å². The molecular weight excluding hydrogens is 354 g/mol. The molecule has 1 aliphatic heterocycles. The number of fused-ring (bicyclic) bond motifs is 1. The number of aromatic nitrogens is 2. The molecule has 0 saturated carbocycles. The number of amides is 1. The van der Waals surface area contributed by atoms with E-state index < -0.39 is 5.97 Å². The van der Waals surface area contributed by atoms with Crippen LogP contribution < -0.4 is 0 Å². The molecule has 1 N–H and O–H groups in total. The Morgan fingerprint density at radius 2 is 1.82 bits per heavy atom. The van der Waals surface area contributed by atoms with Crippen molar-refractivity contribution in [3.63, 3.8) is 0 Å². The van der Waals surface area contributed by atoms with Gasteiger partial charge in [0.1, 0.15) is 5.56 Å². The fraction of sp³-hybridized carbons (Fsp3) is 0.318. The van der Waals surface area contributed by atoms with Crippen LogP contribution in [0.3, 0.4) is 0 Å². The average Bonchev–Trinajstić information content (AvgIpc) is 3.09. The van der Waals surface area contributed by atoms with Crippen LogP contribution in [0.25, 0.3) is 10.8 Å². The van der Waals surface area contributed by atoms with Crippen LogP contribution in [0.15, 0.2) is 48.7 Å². The molecule has 0 atom stereocenters. The molecule has 1 aliphatic rings. The number of carboxylic acids is 1. The minimum Gasteiger partial charge on any atom is -0.478 e. The smallest absolute Gasteiger partial charge is 0.339 e. The van der Waals surface area contributed by atoms with E-state index in [0.717, 1.165) is 23.8 Å². The Balaban J connectivity index is 1.39. The van der Waals surface area contributed by atoms with E-state index >= 15 is 0 Å². The van der Waals surface area contributed by atoms with E-state index in [4.69, 9.17) is 0 Å². The number of hydrogen-bond donors (Lipinski definition) is 1. The summed E-state index contributed by atoms with van der Waals surface area (Å²) < 4.78 is 1.80. The molecule has 144 valence electrons. The summed E-state index contributed by atoms with van der Waals surface area (Å²) in [7, 11) is 0. The highest BCUT2D eigenvalue weighted by molar-refractivity contribution is 5.88. The molecule has 0 radical (unpaired) electrons. The molecule has 0 unspecified atom stereocenters. The number of carbonyl (C=O) groups is 2. The Morgan fingerprint density at radius 3 is 2.50 bits per heavy atom. The highest BCUT2D eigenvalue weighted by Crippen LogP contribution is 2.25. The Labute approximate surface area is 163 Å². The minimum atomic E-state index is -0.952. The Morgan fingerprint density at radius 1 is 1.11 bits per heavy atom. The number of piperidine rings is 1. The lowest BCUT2D eigenvalue weighted by atomic mass is 10.0. The number of likely N-dealkylation sites (tertiary alicyclic amines) is 1. The Bertz CT molecular complexity index is 1030. The molecule has 4 rings (SSSR count). The third kappa shape index (κ3) is 3.50. The fourth-order valence-corrected chi connectivity index (χ4v) is 4.00. The molecular formula is C22H23N3O3. The standard InChI is InChI=1S/C22H23N3O3/c1-15-20(22(27)28)14-23-25(15)19-8-10-24(11-9-19)21(26)13-16-6-7-17-4-2-3-5-18(17)12-16/h2-7,12,14,19H,8-11,13H2,1H3,(H,27,28). The molecule has 6 nitrogen and oxygen atoms in total. The fourth-order valence-electron chi connectivity index (χ4n) is 4.00. The zero-order valence-electron chi connectivity index (χ0n) is 15.8. The Kier molecular flexibility index (Phi) is 4.86. The van der Waals surface area contributed by atoms with Gasteiger partial charge in [-0.25, -0.2) is 4.79 Å². The molecule has 6 heteroatoms. The van der Waals surface area contributed by atoms with Gasteiger partial charge in [0, 0.05) is 13.1 Å². The van der Waals surface area contributed by atoms with Crippen molar-refractivity contribution in [1.82, 2.24) is 14.7 Å². The lowest BCUT2D eigenvalue weighted by Crippen LogP contribution is -2.40. The second-order valence-corrected chi connectivity index (χ2v) is 7.36. The first-order chi connectivity index (χ1) is 13.5. The molecule has 0 aliphatic carbocycles. The van der Waals surface area contributed by atoms with E-state index in [9.17, 15) is 14.7 Å². The van der Waals surface area contributed by atoms with Crippen molar-refractivity contribution in [2.75, 3.05) is 13.1 Å². The summed E-state index contributed by atoms with van der Waals surface area (Å²) in [6.07, 6.45) is 3.38. The maximum absolute atomic E-state index is 12.7. The number of carbonyl (C=O) groups excluding carboxylic acids is 1. The van der Waals surface area contributed by atoms with Crippen molar-refractivity contribution in [2.45, 2.75) is 32.2 Å². The summed E-state index contributed by atoms with van der Waals surface area (Å²) in [4.78, 5) is 25.8. The molecule has 1 aromatic heterocycles. The first-order valence-corrected chi connectivity index (χ1v) is 9.56. The van der Waals surface area contributed by atoms with Crippen molar-refractivity contribution in [1.29, 1.82) is 0 Å². The lowest BCUT2D eigenvalue weighted by molar-refractivity contribution is -0.131. The predicted molar refractivity (Wildman–Crippen MR) is 106 cm³/mol. The number of rotatable bonds is 4. The Hall–Kier alpha value is -3.15. The van der Waals surface area contributed by atoms with Crippen molar-refractivity contribution in [2.24, 2.45) is 0 Å². The van der Waals surface area contributed by atoms with Crippen LogP contribution in [-0.2, 0) is 11.2 Å². The van der Waals surface area contributed by atoms with Crippen LogP contribution in [0.2, 0.25) is 0 Å². The first-order valence-electron chi connectivity index (χ1n) is 9.56. The molecule has 1 fully saturated rings. The van der Waals surface area contributed by atoms with Crippen LogP contribution in [-0.4, -0.2) is 44.8 Å². The minimum absolute atomic E-state index is 0.136. The number of benzene rings is 2. The first kappa shape index (κ1) is 18.2. The predicted octanol–water partition coefficient (Wildman–Crippen LogP) is 3.45. The van der Waals surface area contributed by atoms with E-state index in [1.54, 1.807) is 11.6 Å². The zero-order chi connectivity index (χ0) is 19.7. The number of nitrogens with zero attached hydrogens (tertiary/aromatic N) is 3. The topological polar surface area (TPSA) is 75.4 Å². The lowest BCUT2D eigenvalue weighted by Gasteiger charge is -2.32. The van der Waals surface area contributed by atoms with E-state index in [2.05, 4.69) is 29.4 Å². The number of carboxylic acid groups (broad SMARTS) is 1. The summed E-state index contributed by atoms with van der Waals surface area (Å²) in [5, 5.41) is 15.8. The van der Waals surface area contributed by atoms with Gasteiger partial charge in [0.05, 0.1) is 24.4 Å². The van der Waals surface area contributed by atoms with Gasteiger partial charge in [-0.05, 0) is 36.1 Å². The SMILES string of the molecule is Cc1c(C(=O)O)cnn1C1CCN(C(=O)Cc2ccc3ccccc3c2)CC1. The molecule has 3 aromatic rings. The molecule has 0 spiro atoms. The average molecular weight is 377 g/mol. The molecule has 0 bridgehead atoms. The largest absolute Gasteiger partial charge is 0.478 e. The molecule has 1 amide bonds. The van der Waals surface area contributed by atoms with Crippen LogP contribution in [0.5, 0.6) is 0 Å². The third-order valence-corrected chi connectivity index (χ3v) is 5.61. The van der Waals surface area contributed by atoms with Crippen molar-refractivity contribution < 1.29 is 14.7 Å². The molecule has 2 aromatic carbocycles. The number of hydrogen-bond acceptors (Lipinski definition) is 3. The monoisotopic (exact) mass is 377 g/mol. The van der Waals surface area contributed by atoms with Crippen molar-refractivity contribution >= 4 is 22.6 Å². The quantitative estimate of drug-likeness (QED) is 0.756. The van der Waals surface area contributed by atoms with Crippen LogP contribution >= 0.6 is 0 Å². The maximum atomic E-state index is 12.7. The zero-order valence-corrected chi connectivity index (χ0v) is 15.8. The normalized spacial score (nSPS) is 15.1. The highest BCUT2D eigenvalue weighted by atomic mass is 16.4. The highest BCUT2D eigenvalue weighted by Gasteiger charge is 2.26. The van der Waals surface area contributed by atoms with Gasteiger partial charge in [0.25, 0.3) is 0 Å². The molecule has 1 saturated heterocycles. The summed E-state index contributed by atoms with van der Waals surface area (Å²) in [6, 6.07) is 14.5. The van der Waals surface area contributed by atoms with Crippen LogP contribution in [0, 0.1) is 6.92 Å². The van der Waals surface area contributed by atoms with Gasteiger partial charge in [-0.15, -0.1) is 0 Å². The summed E-state index contributed by atoms with van der Waals surface area (Å²) in [5.74, 6) is -0.816. The number of aromatic carboxylic acids is 1. The van der Waals surface area contributed by atoms with Gasteiger partial charge in [-0.3, -0.25) is 9.48 Å². The van der Waals surface area contributed by atoms with Crippen LogP contribution in [0.1, 0.15) is 40.5 Å². The van der Waals surface area contributed by atoms with E-state index in [-0.39, 0.29) is 17.5 Å². The van der Waals surface area contributed by atoms with Gasteiger partial charge in [0.15, 0.2) is 0 Å². The molecule has 2 heterocycles. The second-order valence-electron chi connectivity index (χ2n) is 7.36. The summed E-state index contributed by atoms with van der Waals surface area (Å²) in [5.41, 5.74) is 1.95. The van der Waals surface area contributed by atoms with E-state index in [0.29, 0.717) is 25.2 Å². The van der Waals surface area contributed by atoms with E-state index in [1.807, 2.05) is 23.1 Å². The van der Waals surface area contributed by atoms with Gasteiger partial charge in [-0.2, -0.15) is 5.10 Å². The maximum Gasteiger partial charge on any atom is 0.339 e. The van der Waals surface area contributed by atoms with Gasteiger partial charge < -0.3 is 10.0 Å². The molecule has 28 heavy (non-hydrogen) atoms. The van der Waals surface area contributed by atoms with Gasteiger partial charge in [-0.1, -0.05) is 42.5 Å².